The SMILES string of the molecule is CC(C)(Oc1cccc(Br)c1)C(=O)N[C@H]1[C@@H]2CC3C[C@H]1C[C@](NS(C)(=O)=O)(C3)C2. The van der Waals surface area contributed by atoms with E-state index in [-0.39, 0.29) is 17.5 Å². The molecule has 1 aromatic carbocycles. The van der Waals surface area contributed by atoms with Crippen molar-refractivity contribution in [2.75, 3.05) is 6.26 Å². The molecular formula is C21H29BrN2O4S. The highest BCUT2D eigenvalue weighted by Gasteiger charge is 2.57. The molecule has 2 N–H and O–H groups in total. The average molecular weight is 485 g/mol. The van der Waals surface area contributed by atoms with Gasteiger partial charge in [0.2, 0.25) is 10.0 Å². The van der Waals surface area contributed by atoms with Gasteiger partial charge in [0.05, 0.1) is 6.26 Å². The Morgan fingerprint density at radius 3 is 2.45 bits per heavy atom. The summed E-state index contributed by atoms with van der Waals surface area (Å²) >= 11 is 3.43. The van der Waals surface area contributed by atoms with Gasteiger partial charge < -0.3 is 10.1 Å². The number of ether oxygens (including phenoxy) is 1. The predicted molar refractivity (Wildman–Crippen MR) is 115 cm³/mol. The average Bonchev–Trinajstić information content (AvgIpc) is 2.54. The van der Waals surface area contributed by atoms with E-state index in [4.69, 9.17) is 4.74 Å². The van der Waals surface area contributed by atoms with E-state index in [1.54, 1.807) is 13.8 Å². The van der Waals surface area contributed by atoms with Gasteiger partial charge in [0.15, 0.2) is 5.60 Å². The highest BCUT2D eigenvalue weighted by molar-refractivity contribution is 9.10. The number of carbonyl (C=O) groups excluding carboxylic acids is 1. The molecule has 0 aliphatic heterocycles. The van der Waals surface area contributed by atoms with Crippen LogP contribution in [0.25, 0.3) is 0 Å². The maximum atomic E-state index is 13.1. The fraction of sp³-hybridized carbons (Fsp3) is 0.667. The fourth-order valence-corrected chi connectivity index (χ4v) is 7.39. The molecule has 1 aromatic rings. The number of halogens is 1. The monoisotopic (exact) mass is 484 g/mol. The van der Waals surface area contributed by atoms with Crippen LogP contribution in [0.1, 0.15) is 46.0 Å². The number of amides is 1. The van der Waals surface area contributed by atoms with Gasteiger partial charge in [0.1, 0.15) is 5.75 Å². The van der Waals surface area contributed by atoms with Crippen molar-refractivity contribution in [1.29, 1.82) is 0 Å². The van der Waals surface area contributed by atoms with Gasteiger partial charge in [0, 0.05) is 16.1 Å². The second kappa shape index (κ2) is 7.24. The molecule has 0 heterocycles. The van der Waals surface area contributed by atoms with Crippen molar-refractivity contribution < 1.29 is 17.9 Å². The first-order chi connectivity index (χ1) is 13.4. The molecule has 6 nitrogen and oxygen atoms in total. The molecule has 5 rings (SSSR count). The molecule has 1 unspecified atom stereocenters. The molecule has 5 atom stereocenters. The number of rotatable bonds is 6. The summed E-state index contributed by atoms with van der Waals surface area (Å²) in [6.45, 7) is 3.57. The summed E-state index contributed by atoms with van der Waals surface area (Å²) in [5.41, 5.74) is -1.33. The zero-order valence-electron chi connectivity index (χ0n) is 17.1. The van der Waals surface area contributed by atoms with Crippen molar-refractivity contribution in [1.82, 2.24) is 10.0 Å². The summed E-state index contributed by atoms with van der Waals surface area (Å²) in [6.07, 6.45) is 5.87. The van der Waals surface area contributed by atoms with Crippen molar-refractivity contribution in [3.05, 3.63) is 28.7 Å². The van der Waals surface area contributed by atoms with Crippen LogP contribution in [0.5, 0.6) is 5.75 Å². The predicted octanol–water partition coefficient (Wildman–Crippen LogP) is 3.22. The van der Waals surface area contributed by atoms with Gasteiger partial charge in [0.25, 0.3) is 5.91 Å². The van der Waals surface area contributed by atoms with Crippen molar-refractivity contribution in [3.63, 3.8) is 0 Å². The zero-order valence-corrected chi connectivity index (χ0v) is 19.5. The quantitative estimate of drug-likeness (QED) is 0.648. The molecule has 160 valence electrons. The van der Waals surface area contributed by atoms with Crippen molar-refractivity contribution in [2.45, 2.75) is 63.1 Å². The van der Waals surface area contributed by atoms with Crippen LogP contribution < -0.4 is 14.8 Å². The van der Waals surface area contributed by atoms with Crippen LogP contribution in [0.15, 0.2) is 28.7 Å². The van der Waals surface area contributed by atoms with Crippen LogP contribution >= 0.6 is 15.9 Å². The molecule has 4 bridgehead atoms. The first kappa shape index (κ1) is 21.1. The van der Waals surface area contributed by atoms with Crippen LogP contribution in [0.3, 0.4) is 0 Å². The minimum atomic E-state index is -3.25. The lowest BCUT2D eigenvalue weighted by Gasteiger charge is -2.60. The summed E-state index contributed by atoms with van der Waals surface area (Å²) in [6, 6.07) is 7.55. The summed E-state index contributed by atoms with van der Waals surface area (Å²) in [7, 11) is -3.25. The van der Waals surface area contributed by atoms with Gasteiger partial charge in [-0.1, -0.05) is 22.0 Å². The third kappa shape index (κ3) is 4.49. The van der Waals surface area contributed by atoms with Gasteiger partial charge in [-0.2, -0.15) is 0 Å². The third-order valence-corrected chi connectivity index (χ3v) is 7.99. The van der Waals surface area contributed by atoms with E-state index in [0.29, 0.717) is 23.5 Å². The molecule has 0 saturated heterocycles. The maximum absolute atomic E-state index is 13.1. The third-order valence-electron chi connectivity index (χ3n) is 6.69. The smallest absolute Gasteiger partial charge is 0.263 e. The minimum absolute atomic E-state index is 0.0823. The van der Waals surface area contributed by atoms with Crippen molar-refractivity contribution in [3.8, 4) is 5.75 Å². The Kier molecular flexibility index (Phi) is 5.27. The molecular weight excluding hydrogens is 456 g/mol. The van der Waals surface area contributed by atoms with Gasteiger partial charge >= 0.3 is 0 Å². The number of hydrogen-bond acceptors (Lipinski definition) is 4. The Morgan fingerprint density at radius 2 is 1.86 bits per heavy atom. The Morgan fingerprint density at radius 1 is 1.21 bits per heavy atom. The lowest BCUT2D eigenvalue weighted by atomic mass is 9.51. The first-order valence-corrected chi connectivity index (χ1v) is 12.9. The number of sulfonamides is 1. The summed E-state index contributed by atoms with van der Waals surface area (Å²) in [4.78, 5) is 13.1. The van der Waals surface area contributed by atoms with Gasteiger partial charge in [-0.15, -0.1) is 0 Å². The maximum Gasteiger partial charge on any atom is 0.263 e. The van der Waals surface area contributed by atoms with E-state index in [1.807, 2.05) is 24.3 Å². The second-order valence-corrected chi connectivity index (χ2v) is 12.4. The normalized spacial score (nSPS) is 33.5. The van der Waals surface area contributed by atoms with E-state index >= 15 is 0 Å². The van der Waals surface area contributed by atoms with Gasteiger partial charge in [-0.3, -0.25) is 4.79 Å². The molecule has 0 spiro atoms. The molecule has 8 heteroatoms. The number of benzene rings is 1. The van der Waals surface area contributed by atoms with Crippen molar-refractivity contribution >= 4 is 31.9 Å². The zero-order chi connectivity index (χ0) is 21.0. The summed E-state index contributed by atoms with van der Waals surface area (Å²) in [5, 5.41) is 3.26. The molecule has 1 amide bonds. The lowest BCUT2D eigenvalue weighted by Crippen LogP contribution is -2.67. The molecule has 0 aromatic heterocycles. The van der Waals surface area contributed by atoms with Gasteiger partial charge in [-0.05, 0) is 81.9 Å². The molecule has 0 radical (unpaired) electrons. The minimum Gasteiger partial charge on any atom is -0.478 e. The summed E-state index contributed by atoms with van der Waals surface area (Å²) in [5.74, 6) is 1.67. The van der Waals surface area contributed by atoms with E-state index in [2.05, 4.69) is 26.0 Å². The van der Waals surface area contributed by atoms with Crippen LogP contribution in [-0.4, -0.2) is 37.8 Å². The van der Waals surface area contributed by atoms with Crippen LogP contribution in [0.2, 0.25) is 0 Å². The Labute approximate surface area is 181 Å². The summed E-state index contributed by atoms with van der Waals surface area (Å²) < 4.78 is 33.6. The highest BCUT2D eigenvalue weighted by atomic mass is 79.9. The Bertz CT molecular complexity index is 901. The van der Waals surface area contributed by atoms with E-state index in [1.165, 1.54) is 6.26 Å². The highest BCUT2D eigenvalue weighted by Crippen LogP contribution is 2.56. The van der Waals surface area contributed by atoms with E-state index in [0.717, 1.165) is 36.6 Å². The number of nitrogens with one attached hydrogen (secondary N) is 2. The number of carbonyl (C=O) groups is 1. The van der Waals surface area contributed by atoms with Crippen LogP contribution in [0.4, 0.5) is 0 Å². The molecule has 29 heavy (non-hydrogen) atoms. The van der Waals surface area contributed by atoms with E-state index < -0.39 is 15.6 Å². The van der Waals surface area contributed by atoms with Crippen LogP contribution in [0, 0.1) is 17.8 Å². The Balaban J connectivity index is 1.46. The molecule has 4 saturated carbocycles. The fourth-order valence-electron chi connectivity index (χ4n) is 5.97. The molecule has 4 fully saturated rings. The topological polar surface area (TPSA) is 84.5 Å². The largest absolute Gasteiger partial charge is 0.478 e. The molecule has 4 aliphatic carbocycles. The first-order valence-electron chi connectivity index (χ1n) is 10.2. The standard InChI is InChI=1S/C21H29BrN2O4S/c1-20(2,28-17-6-4-5-16(22)9-17)19(25)23-18-14-7-13-8-15(18)12-21(10-13,11-14)24-29(3,26)27/h4-6,9,13-15,18,24H,7-8,10-12H2,1-3H3,(H,23,25)/t13?,14-,15+,18+,21+. The number of hydrogen-bond donors (Lipinski definition) is 2. The van der Waals surface area contributed by atoms with E-state index in [9.17, 15) is 13.2 Å². The van der Waals surface area contributed by atoms with Crippen LogP contribution in [-0.2, 0) is 14.8 Å². The molecule has 4 aliphatic rings. The van der Waals surface area contributed by atoms with Gasteiger partial charge in [-0.25, -0.2) is 13.1 Å². The lowest BCUT2D eigenvalue weighted by molar-refractivity contribution is -0.138. The van der Waals surface area contributed by atoms with Crippen molar-refractivity contribution in [2.24, 2.45) is 17.8 Å². The Hall–Kier alpha value is -1.12. The second-order valence-electron chi connectivity index (χ2n) is 9.69.